The first-order valence-electron chi connectivity index (χ1n) is 9.22. The van der Waals surface area contributed by atoms with Crippen molar-refractivity contribution in [2.45, 2.75) is 59.3 Å². The molecule has 0 saturated heterocycles. The lowest BCUT2D eigenvalue weighted by Gasteiger charge is -2.22. The number of hydrogen-bond acceptors (Lipinski definition) is 5. The lowest BCUT2D eigenvalue weighted by atomic mass is 10.1. The molecule has 0 unspecified atom stereocenters. The number of benzene rings is 1. The maximum atomic E-state index is 12.8. The van der Waals surface area contributed by atoms with E-state index in [0.717, 1.165) is 24.0 Å². The van der Waals surface area contributed by atoms with E-state index in [9.17, 15) is 4.79 Å². The average molecular weight is 352 g/mol. The summed E-state index contributed by atoms with van der Waals surface area (Å²) >= 11 is 0. The van der Waals surface area contributed by atoms with Crippen LogP contribution >= 0.6 is 0 Å². The van der Waals surface area contributed by atoms with Crippen molar-refractivity contribution in [3.63, 3.8) is 0 Å². The summed E-state index contributed by atoms with van der Waals surface area (Å²) in [5, 5.41) is 9.19. The molecule has 1 aromatic carbocycles. The molecule has 26 heavy (non-hydrogen) atoms. The summed E-state index contributed by atoms with van der Waals surface area (Å²) in [4.78, 5) is 15.1. The summed E-state index contributed by atoms with van der Waals surface area (Å²) in [6, 6.07) is 9.24. The highest BCUT2D eigenvalue weighted by atomic mass is 16.5. The van der Waals surface area contributed by atoms with Crippen molar-refractivity contribution in [1.82, 2.24) is 19.8 Å². The third-order valence-electron chi connectivity index (χ3n) is 5.13. The van der Waals surface area contributed by atoms with E-state index in [-0.39, 0.29) is 5.56 Å². The summed E-state index contributed by atoms with van der Waals surface area (Å²) < 4.78 is 6.72. The molecule has 1 fully saturated rings. The molecular formula is C20H24N4O2. The molecule has 1 aliphatic rings. The molecule has 0 atom stereocenters. The SMILES string of the molecule is CCc1ccc(CN(Cn2nc(C)c3c(C)onc3c2=O)C2CC2)cc1. The Morgan fingerprint density at radius 2 is 1.88 bits per heavy atom. The summed E-state index contributed by atoms with van der Waals surface area (Å²) in [6.45, 7) is 7.16. The van der Waals surface area contributed by atoms with Crippen LogP contribution in [-0.4, -0.2) is 25.9 Å². The van der Waals surface area contributed by atoms with Gasteiger partial charge in [-0.15, -0.1) is 0 Å². The maximum Gasteiger partial charge on any atom is 0.298 e. The molecule has 0 radical (unpaired) electrons. The fourth-order valence-electron chi connectivity index (χ4n) is 3.46. The Bertz CT molecular complexity index is 983. The van der Waals surface area contributed by atoms with Gasteiger partial charge in [-0.25, -0.2) is 4.68 Å². The summed E-state index contributed by atoms with van der Waals surface area (Å²) in [5.41, 5.74) is 3.57. The highest BCUT2D eigenvalue weighted by Gasteiger charge is 2.30. The lowest BCUT2D eigenvalue weighted by Crippen LogP contribution is -2.35. The van der Waals surface area contributed by atoms with E-state index in [2.05, 4.69) is 46.3 Å². The third kappa shape index (κ3) is 3.17. The van der Waals surface area contributed by atoms with Crippen LogP contribution in [0.5, 0.6) is 0 Å². The fraction of sp³-hybridized carbons (Fsp3) is 0.450. The molecule has 2 aromatic heterocycles. The molecule has 0 bridgehead atoms. The molecule has 136 valence electrons. The van der Waals surface area contributed by atoms with Gasteiger partial charge in [0.15, 0.2) is 5.52 Å². The van der Waals surface area contributed by atoms with Gasteiger partial charge in [0.2, 0.25) is 0 Å². The zero-order valence-corrected chi connectivity index (χ0v) is 15.5. The predicted octanol–water partition coefficient (Wildman–Crippen LogP) is 3.19. The van der Waals surface area contributed by atoms with Gasteiger partial charge in [-0.05, 0) is 44.2 Å². The maximum absolute atomic E-state index is 12.8. The van der Waals surface area contributed by atoms with Crippen LogP contribution in [-0.2, 0) is 19.6 Å². The number of aryl methyl sites for hydroxylation is 3. The van der Waals surface area contributed by atoms with E-state index in [1.54, 1.807) is 0 Å². The molecule has 0 N–H and O–H groups in total. The number of nitrogens with zero attached hydrogens (tertiary/aromatic N) is 4. The van der Waals surface area contributed by atoms with Crippen molar-refractivity contribution in [1.29, 1.82) is 0 Å². The third-order valence-corrected chi connectivity index (χ3v) is 5.13. The van der Waals surface area contributed by atoms with Gasteiger partial charge in [-0.2, -0.15) is 5.10 Å². The lowest BCUT2D eigenvalue weighted by molar-refractivity contribution is 0.183. The van der Waals surface area contributed by atoms with E-state index in [1.165, 1.54) is 28.7 Å². The molecule has 3 aromatic rings. The van der Waals surface area contributed by atoms with Crippen LogP contribution in [0.25, 0.3) is 10.9 Å². The van der Waals surface area contributed by atoms with Crippen LogP contribution in [0.4, 0.5) is 0 Å². The van der Waals surface area contributed by atoms with Gasteiger partial charge in [-0.1, -0.05) is 36.3 Å². The molecule has 0 spiro atoms. The minimum atomic E-state index is -0.186. The molecule has 1 saturated carbocycles. The van der Waals surface area contributed by atoms with Crippen LogP contribution in [0, 0.1) is 13.8 Å². The Morgan fingerprint density at radius 1 is 1.19 bits per heavy atom. The smallest absolute Gasteiger partial charge is 0.298 e. The first-order chi connectivity index (χ1) is 12.6. The molecule has 1 aliphatic carbocycles. The molecule has 4 rings (SSSR count). The summed E-state index contributed by atoms with van der Waals surface area (Å²) in [6.07, 6.45) is 3.39. The van der Waals surface area contributed by atoms with Crippen molar-refractivity contribution in [3.8, 4) is 0 Å². The zero-order valence-electron chi connectivity index (χ0n) is 15.5. The van der Waals surface area contributed by atoms with Gasteiger partial charge in [0.05, 0.1) is 17.7 Å². The molecule has 0 amide bonds. The van der Waals surface area contributed by atoms with E-state index < -0.39 is 0 Å². The molecule has 6 heteroatoms. The number of rotatable bonds is 6. The second-order valence-electron chi connectivity index (χ2n) is 7.14. The predicted molar refractivity (Wildman–Crippen MR) is 99.9 cm³/mol. The van der Waals surface area contributed by atoms with E-state index >= 15 is 0 Å². The minimum Gasteiger partial charge on any atom is -0.360 e. The molecule has 0 aliphatic heterocycles. The van der Waals surface area contributed by atoms with E-state index in [4.69, 9.17) is 4.52 Å². The standard InChI is InChI=1S/C20H24N4O2/c1-4-15-5-7-16(8-6-15)11-23(17-9-10-17)12-24-20(25)19-18(13(2)21-24)14(3)26-22-19/h5-8,17H,4,9-12H2,1-3H3. The Labute approximate surface area is 152 Å². The van der Waals surface area contributed by atoms with Crippen LogP contribution < -0.4 is 5.56 Å². The monoisotopic (exact) mass is 352 g/mol. The first kappa shape index (κ1) is 17.0. The van der Waals surface area contributed by atoms with E-state index in [1.807, 2.05) is 13.8 Å². The number of hydrogen-bond donors (Lipinski definition) is 0. The Hall–Kier alpha value is -2.47. The van der Waals surface area contributed by atoms with Crippen molar-refractivity contribution in [2.24, 2.45) is 0 Å². The normalized spacial score (nSPS) is 14.5. The largest absolute Gasteiger partial charge is 0.360 e. The van der Waals surface area contributed by atoms with Crippen LogP contribution in [0.15, 0.2) is 33.6 Å². The summed E-state index contributed by atoms with van der Waals surface area (Å²) in [5.74, 6) is 0.643. The quantitative estimate of drug-likeness (QED) is 0.682. The van der Waals surface area contributed by atoms with Crippen LogP contribution in [0.2, 0.25) is 0 Å². The second kappa shape index (κ2) is 6.68. The molecular weight excluding hydrogens is 328 g/mol. The van der Waals surface area contributed by atoms with E-state index in [0.29, 0.717) is 24.0 Å². The van der Waals surface area contributed by atoms with Gasteiger partial charge in [0.1, 0.15) is 5.76 Å². The Kier molecular flexibility index (Phi) is 4.36. The van der Waals surface area contributed by atoms with Gasteiger partial charge in [0.25, 0.3) is 5.56 Å². The fourth-order valence-corrected chi connectivity index (χ4v) is 3.46. The Balaban J connectivity index is 1.61. The van der Waals surface area contributed by atoms with Crippen molar-refractivity contribution >= 4 is 10.9 Å². The highest BCUT2D eigenvalue weighted by Crippen LogP contribution is 2.29. The van der Waals surface area contributed by atoms with Gasteiger partial charge in [0, 0.05) is 12.6 Å². The topological polar surface area (TPSA) is 64.2 Å². The van der Waals surface area contributed by atoms with Crippen LogP contribution in [0.1, 0.15) is 42.3 Å². The molecule has 6 nitrogen and oxygen atoms in total. The van der Waals surface area contributed by atoms with Gasteiger partial charge in [-0.3, -0.25) is 9.69 Å². The van der Waals surface area contributed by atoms with Crippen molar-refractivity contribution in [3.05, 3.63) is 57.2 Å². The number of aromatic nitrogens is 3. The Morgan fingerprint density at radius 3 is 2.54 bits per heavy atom. The second-order valence-corrected chi connectivity index (χ2v) is 7.14. The van der Waals surface area contributed by atoms with Crippen molar-refractivity contribution in [2.75, 3.05) is 0 Å². The van der Waals surface area contributed by atoms with Gasteiger partial charge < -0.3 is 4.52 Å². The average Bonchev–Trinajstić information content (AvgIpc) is 3.41. The van der Waals surface area contributed by atoms with Gasteiger partial charge >= 0.3 is 0 Å². The molecule has 2 heterocycles. The minimum absolute atomic E-state index is 0.186. The first-order valence-corrected chi connectivity index (χ1v) is 9.22. The highest BCUT2D eigenvalue weighted by molar-refractivity contribution is 5.81. The zero-order chi connectivity index (χ0) is 18.3. The summed E-state index contributed by atoms with van der Waals surface area (Å²) in [7, 11) is 0. The number of fused-ring (bicyclic) bond motifs is 1. The van der Waals surface area contributed by atoms with Crippen LogP contribution in [0.3, 0.4) is 0 Å². The van der Waals surface area contributed by atoms with Crippen molar-refractivity contribution < 1.29 is 4.52 Å².